The highest BCUT2D eigenvalue weighted by atomic mass is 16.3. The van der Waals surface area contributed by atoms with E-state index in [0.717, 1.165) is 25.7 Å². The number of rotatable bonds is 4. The van der Waals surface area contributed by atoms with E-state index in [1.54, 1.807) is 0 Å². The summed E-state index contributed by atoms with van der Waals surface area (Å²) >= 11 is 0. The fourth-order valence-corrected chi connectivity index (χ4v) is 0. The van der Waals surface area contributed by atoms with Gasteiger partial charge >= 0.3 is 0 Å². The molecule has 0 bridgehead atoms. The maximum atomic E-state index is 7.88. The summed E-state index contributed by atoms with van der Waals surface area (Å²) in [6.45, 7) is 9.00. The van der Waals surface area contributed by atoms with Crippen LogP contribution in [0.4, 0.5) is 0 Å². The monoisotopic (exact) mass is 240 g/mol. The number of hydrogen-bond acceptors (Lipinski definition) is 4. The molecule has 0 radical (unpaired) electrons. The molecular formula is C12H32O4. The van der Waals surface area contributed by atoms with Crippen LogP contribution in [0.2, 0.25) is 0 Å². The van der Waals surface area contributed by atoms with E-state index in [-0.39, 0.29) is 0 Å². The highest BCUT2D eigenvalue weighted by Crippen LogP contribution is 1.62. The Morgan fingerprint density at radius 1 is 0.438 bits per heavy atom. The van der Waals surface area contributed by atoms with Gasteiger partial charge in [0.1, 0.15) is 0 Å². The van der Waals surface area contributed by atoms with Crippen LogP contribution in [-0.4, -0.2) is 46.9 Å². The molecule has 0 atom stereocenters. The molecule has 0 saturated carbocycles. The van der Waals surface area contributed by atoms with Crippen molar-refractivity contribution in [2.45, 2.75) is 53.4 Å². The third-order valence-electron chi connectivity index (χ3n) is 0.894. The van der Waals surface area contributed by atoms with Crippen LogP contribution in [0.1, 0.15) is 53.4 Å². The van der Waals surface area contributed by atoms with E-state index in [2.05, 4.69) is 0 Å². The summed E-state index contributed by atoms with van der Waals surface area (Å²) in [5, 5.41) is 31.5. The molecule has 0 aromatic rings. The average molecular weight is 240 g/mol. The number of aliphatic hydroxyl groups excluding tert-OH is 4. The van der Waals surface area contributed by atoms with Crippen molar-refractivity contribution in [3.05, 3.63) is 0 Å². The largest absolute Gasteiger partial charge is 0.396 e. The van der Waals surface area contributed by atoms with Gasteiger partial charge < -0.3 is 20.4 Å². The molecule has 4 nitrogen and oxygen atoms in total. The fraction of sp³-hybridized carbons (Fsp3) is 1.00. The molecule has 0 unspecified atom stereocenters. The minimum atomic E-state index is 0.319. The summed E-state index contributed by atoms with van der Waals surface area (Å²) in [7, 11) is 0. The lowest BCUT2D eigenvalue weighted by atomic mass is 10.5. The minimum Gasteiger partial charge on any atom is -0.396 e. The zero-order chi connectivity index (χ0) is 13.7. The van der Waals surface area contributed by atoms with E-state index in [1.165, 1.54) is 0 Å². The molecule has 0 aromatic heterocycles. The Hall–Kier alpha value is -0.160. The van der Waals surface area contributed by atoms with Crippen LogP contribution in [-0.2, 0) is 0 Å². The molecule has 0 heterocycles. The summed E-state index contributed by atoms with van der Waals surface area (Å²) in [5.74, 6) is 0. The van der Waals surface area contributed by atoms with Crippen LogP contribution in [0.3, 0.4) is 0 Å². The van der Waals surface area contributed by atoms with Crippen molar-refractivity contribution < 1.29 is 20.4 Å². The Morgan fingerprint density at radius 2 is 0.500 bits per heavy atom. The first-order valence-electron chi connectivity index (χ1n) is 6.09. The topological polar surface area (TPSA) is 80.9 Å². The standard InChI is InChI=1S/4C3H8O/c4*1-2-3-4/h4*4H,2-3H2,1H3. The van der Waals surface area contributed by atoms with Crippen LogP contribution >= 0.6 is 0 Å². The highest BCUT2D eigenvalue weighted by Gasteiger charge is 1.58. The SMILES string of the molecule is CCCO.CCCO.CCCO.CCCO. The molecule has 0 spiro atoms. The van der Waals surface area contributed by atoms with Gasteiger partial charge in [0, 0.05) is 26.4 Å². The molecule has 4 N–H and O–H groups in total. The average Bonchev–Trinajstić information content (AvgIpc) is 2.39. The van der Waals surface area contributed by atoms with Crippen molar-refractivity contribution in [2.75, 3.05) is 26.4 Å². The fourth-order valence-electron chi connectivity index (χ4n) is 0. The van der Waals surface area contributed by atoms with Gasteiger partial charge in [0.15, 0.2) is 0 Å². The maximum absolute atomic E-state index is 7.88. The number of hydrogen-bond donors (Lipinski definition) is 4. The molecule has 0 aliphatic rings. The van der Waals surface area contributed by atoms with E-state index in [0.29, 0.717) is 26.4 Å². The van der Waals surface area contributed by atoms with Gasteiger partial charge in [-0.1, -0.05) is 27.7 Å². The molecule has 4 heteroatoms. The van der Waals surface area contributed by atoms with Crippen LogP contribution in [0, 0.1) is 0 Å². The van der Waals surface area contributed by atoms with Crippen LogP contribution in [0.5, 0.6) is 0 Å². The minimum absolute atomic E-state index is 0.319. The smallest absolute Gasteiger partial charge is 0.0428 e. The molecule has 0 saturated heterocycles. The second-order valence-corrected chi connectivity index (χ2v) is 2.89. The predicted molar refractivity (Wildman–Crippen MR) is 69.5 cm³/mol. The Morgan fingerprint density at radius 3 is 0.500 bits per heavy atom. The van der Waals surface area contributed by atoms with Crippen molar-refractivity contribution in [1.82, 2.24) is 0 Å². The van der Waals surface area contributed by atoms with Gasteiger partial charge in [-0.3, -0.25) is 0 Å². The first-order valence-corrected chi connectivity index (χ1v) is 6.09. The molecule has 0 aromatic carbocycles. The van der Waals surface area contributed by atoms with E-state index < -0.39 is 0 Å². The number of aliphatic hydroxyl groups is 4. The van der Waals surface area contributed by atoms with Crippen molar-refractivity contribution in [1.29, 1.82) is 0 Å². The van der Waals surface area contributed by atoms with Crippen LogP contribution < -0.4 is 0 Å². The van der Waals surface area contributed by atoms with Gasteiger partial charge in [-0.15, -0.1) is 0 Å². The molecule has 16 heavy (non-hydrogen) atoms. The summed E-state index contributed by atoms with van der Waals surface area (Å²) < 4.78 is 0. The third-order valence-corrected chi connectivity index (χ3v) is 0.894. The van der Waals surface area contributed by atoms with Gasteiger partial charge in [0.25, 0.3) is 0 Å². The lowest BCUT2D eigenvalue weighted by Crippen LogP contribution is -1.69. The Bertz CT molecular complexity index is 37.0. The van der Waals surface area contributed by atoms with E-state index in [1.807, 2.05) is 27.7 Å². The molecule has 0 aliphatic heterocycles. The van der Waals surface area contributed by atoms with Crippen molar-refractivity contribution in [3.63, 3.8) is 0 Å². The predicted octanol–water partition coefficient (Wildman–Crippen LogP) is 1.55. The van der Waals surface area contributed by atoms with E-state index >= 15 is 0 Å². The summed E-state index contributed by atoms with van der Waals surface area (Å²) in [4.78, 5) is 0. The Labute approximate surface area is 101 Å². The highest BCUT2D eigenvalue weighted by molar-refractivity contribution is 4.11. The van der Waals surface area contributed by atoms with Gasteiger partial charge in [0.05, 0.1) is 0 Å². The van der Waals surface area contributed by atoms with Gasteiger partial charge in [-0.05, 0) is 25.7 Å². The molecule has 0 rings (SSSR count). The summed E-state index contributed by atoms with van der Waals surface area (Å²) in [6, 6.07) is 0. The zero-order valence-corrected chi connectivity index (χ0v) is 11.4. The molecular weight excluding hydrogens is 208 g/mol. The third kappa shape index (κ3) is 155. The van der Waals surface area contributed by atoms with Gasteiger partial charge in [0.2, 0.25) is 0 Å². The van der Waals surface area contributed by atoms with Crippen molar-refractivity contribution in [2.24, 2.45) is 0 Å². The summed E-state index contributed by atoms with van der Waals surface area (Å²) in [5.41, 5.74) is 0. The second-order valence-electron chi connectivity index (χ2n) is 2.89. The first-order chi connectivity index (χ1) is 7.66. The zero-order valence-electron chi connectivity index (χ0n) is 11.4. The first kappa shape index (κ1) is 24.9. The lowest BCUT2D eigenvalue weighted by Gasteiger charge is -1.69. The van der Waals surface area contributed by atoms with E-state index in [9.17, 15) is 0 Å². The van der Waals surface area contributed by atoms with Crippen LogP contribution in [0.25, 0.3) is 0 Å². The van der Waals surface area contributed by atoms with Crippen molar-refractivity contribution >= 4 is 0 Å². The molecule has 0 fully saturated rings. The summed E-state index contributed by atoms with van der Waals surface area (Å²) in [6.07, 6.45) is 3.50. The van der Waals surface area contributed by atoms with Gasteiger partial charge in [-0.25, -0.2) is 0 Å². The van der Waals surface area contributed by atoms with E-state index in [4.69, 9.17) is 20.4 Å². The van der Waals surface area contributed by atoms with Crippen molar-refractivity contribution in [3.8, 4) is 0 Å². The maximum Gasteiger partial charge on any atom is 0.0428 e. The molecule has 104 valence electrons. The quantitative estimate of drug-likeness (QED) is 0.601. The Kier molecular flexibility index (Phi) is 71.9. The van der Waals surface area contributed by atoms with Gasteiger partial charge in [-0.2, -0.15) is 0 Å². The lowest BCUT2D eigenvalue weighted by molar-refractivity contribution is 0.294. The second kappa shape index (κ2) is 46.2. The normalized spacial score (nSPS) is 7.50. The Balaban J connectivity index is -0.0000000600. The molecule has 0 aliphatic carbocycles. The van der Waals surface area contributed by atoms with Crippen LogP contribution in [0.15, 0.2) is 0 Å². The molecule has 0 amide bonds.